The molecule has 0 aliphatic rings. The van der Waals surface area contributed by atoms with Crippen LogP contribution in [0.5, 0.6) is 0 Å². The van der Waals surface area contributed by atoms with Crippen LogP contribution < -0.4 is 0 Å². The van der Waals surface area contributed by atoms with Crippen molar-refractivity contribution >= 4 is 9.93 Å². The first-order valence-corrected chi connectivity index (χ1v) is 8.92. The Morgan fingerprint density at radius 2 is 1.50 bits per heavy atom. The normalized spacial score (nSPS) is 23.3. The van der Waals surface area contributed by atoms with Crippen molar-refractivity contribution in [2.45, 2.75) is 50.8 Å². The molecule has 0 saturated carbocycles. The minimum atomic E-state index is -3.11. The van der Waals surface area contributed by atoms with Crippen LogP contribution in [0, 0.1) is 5.41 Å². The van der Waals surface area contributed by atoms with Gasteiger partial charge < -0.3 is 20.4 Å². The van der Waals surface area contributed by atoms with Crippen molar-refractivity contribution in [2.24, 2.45) is 5.41 Å². The molecular weight excluding hydrogens is 280 g/mol. The second-order valence-corrected chi connectivity index (χ2v) is 10.2. The van der Waals surface area contributed by atoms with Crippen LogP contribution >= 0.6 is 0 Å². The molecule has 0 aliphatic heterocycles. The van der Waals surface area contributed by atoms with E-state index in [1.54, 1.807) is 0 Å². The summed E-state index contributed by atoms with van der Waals surface area (Å²) in [6, 6.07) is 0. The largest absolute Gasteiger partial charge is 0.393 e. The van der Waals surface area contributed by atoms with Crippen molar-refractivity contribution in [3.63, 3.8) is 0 Å². The fourth-order valence-electron chi connectivity index (χ4n) is 2.30. The van der Waals surface area contributed by atoms with Gasteiger partial charge in [0.1, 0.15) is 16.1 Å². The molecule has 20 heavy (non-hydrogen) atoms. The summed E-state index contributed by atoms with van der Waals surface area (Å²) < 4.78 is 12.8. The van der Waals surface area contributed by atoms with Crippen LogP contribution in [0.2, 0.25) is 0 Å². The Balaban J connectivity index is 5.97. The van der Waals surface area contributed by atoms with Gasteiger partial charge in [-0.15, -0.1) is 6.58 Å². The topological polar surface area (TPSA) is 98.0 Å². The third-order valence-corrected chi connectivity index (χ3v) is 8.51. The number of aliphatic hydroxyl groups excluding tert-OH is 1. The highest BCUT2D eigenvalue weighted by molar-refractivity contribution is 8.03. The van der Waals surface area contributed by atoms with E-state index in [1.807, 2.05) is 0 Å². The first kappa shape index (κ1) is 19.7. The molecule has 0 aliphatic carbocycles. The molecule has 122 valence electrons. The van der Waals surface area contributed by atoms with Crippen LogP contribution in [0.1, 0.15) is 34.6 Å². The van der Waals surface area contributed by atoms with Gasteiger partial charge >= 0.3 is 0 Å². The highest BCUT2D eigenvalue weighted by Crippen LogP contribution is 2.49. The van der Waals surface area contributed by atoms with E-state index in [4.69, 9.17) is 0 Å². The molecule has 0 fully saturated rings. The molecule has 0 aromatic carbocycles. The van der Waals surface area contributed by atoms with Crippen molar-refractivity contribution in [2.75, 3.05) is 18.6 Å². The predicted octanol–water partition coefficient (Wildman–Crippen LogP) is 0.0479. The van der Waals surface area contributed by atoms with Crippen LogP contribution in [-0.4, -0.2) is 59.4 Å². The Labute approximate surface area is 122 Å². The maximum absolute atomic E-state index is 12.8. The summed E-state index contributed by atoms with van der Waals surface area (Å²) in [5.74, 6) is 0.112. The van der Waals surface area contributed by atoms with Gasteiger partial charge in [-0.05, 0) is 27.0 Å². The Hall–Kier alpha value is -0.270. The molecule has 0 aromatic rings. The monoisotopic (exact) mass is 310 g/mol. The van der Waals surface area contributed by atoms with E-state index in [1.165, 1.54) is 47.0 Å². The molecule has 0 spiro atoms. The highest BCUT2D eigenvalue weighted by Gasteiger charge is 2.62. The molecule has 0 saturated heterocycles. The van der Waals surface area contributed by atoms with Crippen molar-refractivity contribution in [1.29, 1.82) is 0 Å². The lowest BCUT2D eigenvalue weighted by Gasteiger charge is -2.57. The third kappa shape index (κ3) is 2.72. The summed E-state index contributed by atoms with van der Waals surface area (Å²) in [6.07, 6.45) is 2.91. The van der Waals surface area contributed by atoms with Gasteiger partial charge in [-0.3, -0.25) is 4.21 Å². The van der Waals surface area contributed by atoms with Gasteiger partial charge in [0, 0.05) is 11.2 Å². The quantitative estimate of drug-likeness (QED) is 0.338. The van der Waals surface area contributed by atoms with Crippen molar-refractivity contribution in [1.82, 2.24) is 0 Å². The van der Waals surface area contributed by atoms with Gasteiger partial charge in [0.15, 0.2) is 0 Å². The Bertz CT molecular complexity index is 410. The van der Waals surface area contributed by atoms with Gasteiger partial charge in [0.25, 0.3) is 0 Å². The lowest BCUT2D eigenvalue weighted by atomic mass is 9.64. The van der Waals surface area contributed by atoms with Crippen molar-refractivity contribution in [3.8, 4) is 0 Å². The first-order chi connectivity index (χ1) is 8.62. The molecule has 0 amide bonds. The minimum Gasteiger partial charge on any atom is -0.393 e. The molecule has 4 N–H and O–H groups in total. The minimum absolute atomic E-state index is 0.112. The third-order valence-electron chi connectivity index (χ3n) is 5.16. The second kappa shape index (κ2) is 5.50. The predicted molar refractivity (Wildman–Crippen MR) is 83.3 cm³/mol. The van der Waals surface area contributed by atoms with Crippen LogP contribution in [0.15, 0.2) is 12.7 Å². The highest BCUT2D eigenvalue weighted by atomic mass is 32.2. The first-order valence-electron chi connectivity index (χ1n) is 6.58. The molecule has 0 heterocycles. The zero-order valence-corrected chi connectivity index (χ0v) is 14.2. The molecule has 5 nitrogen and oxygen atoms in total. The number of hydrogen-bond donors (Lipinski definition) is 5. The van der Waals surface area contributed by atoms with Crippen LogP contribution in [-0.2, 0) is 9.93 Å². The second-order valence-electron chi connectivity index (χ2n) is 6.72. The lowest BCUT2D eigenvalue weighted by Crippen LogP contribution is -2.70. The fraction of sp³-hybridized carbons (Fsp3) is 0.857. The van der Waals surface area contributed by atoms with Crippen molar-refractivity contribution < 1.29 is 24.6 Å². The summed E-state index contributed by atoms with van der Waals surface area (Å²) in [4.78, 5) is -1.75. The van der Waals surface area contributed by atoms with Gasteiger partial charge in [0.05, 0.1) is 6.61 Å². The maximum Gasteiger partial charge on any atom is 0.122 e. The summed E-state index contributed by atoms with van der Waals surface area (Å²) >= 11 is 0. The Morgan fingerprint density at radius 3 is 1.80 bits per heavy atom. The smallest absolute Gasteiger partial charge is 0.122 e. The fourth-order valence-corrected chi connectivity index (χ4v) is 4.55. The zero-order valence-electron chi connectivity index (χ0n) is 13.3. The number of hydrogen-bond acceptors (Lipinski definition) is 5. The van der Waals surface area contributed by atoms with E-state index in [-0.39, 0.29) is 5.75 Å². The molecule has 3 atom stereocenters. The van der Waals surface area contributed by atoms with E-state index in [9.17, 15) is 24.6 Å². The van der Waals surface area contributed by atoms with E-state index in [0.29, 0.717) is 0 Å². The number of thiol groups is 1. The van der Waals surface area contributed by atoms with E-state index >= 15 is 0 Å². The standard InChI is InChI=1S/C14H30O5S/c1-8-9-20(7,19)14(6,18)11(2,3)13(5,17)12(4,16)10-15/h8,15-18,20H,1,9-10H2,2-7H3. The molecule has 3 unspecified atom stereocenters. The Morgan fingerprint density at radius 1 is 1.10 bits per heavy atom. The summed E-state index contributed by atoms with van der Waals surface area (Å²) in [5, 5.41) is 41.1. The average molecular weight is 310 g/mol. The van der Waals surface area contributed by atoms with Crippen LogP contribution in [0.3, 0.4) is 0 Å². The van der Waals surface area contributed by atoms with E-state index in [2.05, 4.69) is 6.58 Å². The molecule has 0 radical (unpaired) electrons. The van der Waals surface area contributed by atoms with Gasteiger partial charge in [-0.2, -0.15) is 0 Å². The van der Waals surface area contributed by atoms with Crippen LogP contribution in [0.25, 0.3) is 0 Å². The zero-order chi connectivity index (χ0) is 16.6. The number of aliphatic hydroxyl groups is 4. The Kier molecular flexibility index (Phi) is 5.42. The molecular formula is C14H30O5S. The summed E-state index contributed by atoms with van der Waals surface area (Å²) in [6.45, 7) is 9.89. The van der Waals surface area contributed by atoms with Crippen LogP contribution in [0.4, 0.5) is 0 Å². The van der Waals surface area contributed by atoms with E-state index < -0.39 is 38.1 Å². The van der Waals surface area contributed by atoms with E-state index in [0.717, 1.165) is 0 Å². The van der Waals surface area contributed by atoms with Gasteiger partial charge in [0.2, 0.25) is 0 Å². The summed E-state index contributed by atoms with van der Waals surface area (Å²) in [5.41, 5.74) is -5.07. The lowest BCUT2D eigenvalue weighted by molar-refractivity contribution is -0.231. The van der Waals surface area contributed by atoms with Gasteiger partial charge in [-0.25, -0.2) is 0 Å². The average Bonchev–Trinajstić information content (AvgIpc) is 2.27. The van der Waals surface area contributed by atoms with Gasteiger partial charge in [-0.1, -0.05) is 29.9 Å². The molecule has 0 rings (SSSR count). The number of rotatable bonds is 7. The SMILES string of the molecule is C=CC[SH](C)(=O)C(C)(O)C(C)(C)C(C)(O)C(C)(O)CO. The van der Waals surface area contributed by atoms with Crippen molar-refractivity contribution in [3.05, 3.63) is 12.7 Å². The summed E-state index contributed by atoms with van der Waals surface area (Å²) in [7, 11) is -3.11. The molecule has 0 bridgehead atoms. The molecule has 6 heteroatoms. The maximum atomic E-state index is 12.8. The molecule has 0 aromatic heterocycles.